The minimum Gasteiger partial charge on any atom is -0.435 e. The Balaban J connectivity index is 1.78. The molecule has 4 heteroatoms. The first-order chi connectivity index (χ1) is 11.7. The van der Waals surface area contributed by atoms with Gasteiger partial charge < -0.3 is 14.2 Å². The van der Waals surface area contributed by atoms with E-state index in [4.69, 9.17) is 4.42 Å². The Bertz CT molecular complexity index is 1080. The molecule has 0 saturated carbocycles. The fraction of sp³-hybridized carbons (Fsp3) is 0.150. The molecule has 5 rings (SSSR count). The highest BCUT2D eigenvalue weighted by Crippen LogP contribution is 2.43. The largest absolute Gasteiger partial charge is 0.435 e. The van der Waals surface area contributed by atoms with Crippen LogP contribution in [0.1, 0.15) is 5.69 Å². The number of fused-ring (bicyclic) bond motifs is 4. The summed E-state index contributed by atoms with van der Waals surface area (Å²) in [5.74, 6) is 0. The first kappa shape index (κ1) is 13.4. The van der Waals surface area contributed by atoms with Gasteiger partial charge in [0, 0.05) is 23.5 Å². The lowest BCUT2D eigenvalue weighted by Gasteiger charge is -2.19. The van der Waals surface area contributed by atoms with E-state index in [1.54, 1.807) is 0 Å². The van der Waals surface area contributed by atoms with Gasteiger partial charge in [-0.05, 0) is 37.3 Å². The number of rotatable bonds is 1. The molecule has 0 atom stereocenters. The summed E-state index contributed by atoms with van der Waals surface area (Å²) in [7, 11) is 2.11. The minimum atomic E-state index is 0.707. The molecule has 4 aromatic rings. The second kappa shape index (κ2) is 4.74. The summed E-state index contributed by atoms with van der Waals surface area (Å²) in [5, 5.41) is 2.18. The number of aryl methyl sites for hydroxylation is 1. The van der Waals surface area contributed by atoms with Crippen LogP contribution >= 0.6 is 0 Å². The highest BCUT2D eigenvalue weighted by Gasteiger charge is 2.26. The molecule has 24 heavy (non-hydrogen) atoms. The van der Waals surface area contributed by atoms with Crippen molar-refractivity contribution in [1.29, 1.82) is 0 Å². The smallest absolute Gasteiger partial charge is 0.227 e. The van der Waals surface area contributed by atoms with Crippen molar-refractivity contribution in [3.05, 3.63) is 60.3 Å². The number of para-hydroxylation sites is 3. The third kappa shape index (κ3) is 1.77. The standard InChI is InChI=1S/C20H17N3O/c1-13-10-11-15-14-6-5-9-18(19(14)24-20(15)21-13)23-12-22(2)16-7-3-4-8-17(16)23/h3-11H,12H2,1-2H3. The fourth-order valence-corrected chi connectivity index (χ4v) is 3.55. The van der Waals surface area contributed by atoms with Crippen LogP contribution in [-0.4, -0.2) is 18.7 Å². The quantitative estimate of drug-likeness (QED) is 0.503. The highest BCUT2D eigenvalue weighted by molar-refractivity contribution is 6.09. The summed E-state index contributed by atoms with van der Waals surface area (Å²) >= 11 is 0. The van der Waals surface area contributed by atoms with E-state index in [1.807, 2.05) is 13.0 Å². The van der Waals surface area contributed by atoms with Crippen molar-refractivity contribution in [2.24, 2.45) is 0 Å². The van der Waals surface area contributed by atoms with Crippen molar-refractivity contribution in [2.45, 2.75) is 6.92 Å². The zero-order valence-electron chi connectivity index (χ0n) is 13.7. The van der Waals surface area contributed by atoms with Crippen molar-refractivity contribution >= 4 is 39.1 Å². The highest BCUT2D eigenvalue weighted by atomic mass is 16.3. The van der Waals surface area contributed by atoms with Gasteiger partial charge in [-0.2, -0.15) is 0 Å². The number of nitrogens with zero attached hydrogens (tertiary/aromatic N) is 3. The Labute approximate surface area is 139 Å². The molecule has 0 spiro atoms. The summed E-state index contributed by atoms with van der Waals surface area (Å²) in [6.07, 6.45) is 0. The number of hydrogen-bond donors (Lipinski definition) is 0. The van der Waals surface area contributed by atoms with E-state index in [0.29, 0.717) is 5.71 Å². The molecule has 3 heterocycles. The van der Waals surface area contributed by atoms with Gasteiger partial charge in [-0.15, -0.1) is 0 Å². The summed E-state index contributed by atoms with van der Waals surface area (Å²) in [5.41, 5.74) is 6.10. The van der Waals surface area contributed by atoms with Crippen LogP contribution in [0.5, 0.6) is 0 Å². The van der Waals surface area contributed by atoms with Crippen molar-refractivity contribution in [3.63, 3.8) is 0 Å². The summed E-state index contributed by atoms with van der Waals surface area (Å²) in [4.78, 5) is 9.09. The molecular weight excluding hydrogens is 298 g/mol. The number of anilines is 3. The molecular formula is C20H17N3O. The molecule has 4 nitrogen and oxygen atoms in total. The molecule has 1 aliphatic rings. The van der Waals surface area contributed by atoms with Crippen LogP contribution in [0.2, 0.25) is 0 Å². The third-order valence-corrected chi connectivity index (χ3v) is 4.71. The van der Waals surface area contributed by atoms with Crippen molar-refractivity contribution in [3.8, 4) is 0 Å². The topological polar surface area (TPSA) is 32.5 Å². The number of furan rings is 1. The maximum Gasteiger partial charge on any atom is 0.227 e. The lowest BCUT2D eigenvalue weighted by atomic mass is 10.1. The minimum absolute atomic E-state index is 0.707. The van der Waals surface area contributed by atoms with Crippen LogP contribution in [0.4, 0.5) is 17.1 Å². The van der Waals surface area contributed by atoms with Crippen LogP contribution < -0.4 is 9.80 Å². The average molecular weight is 315 g/mol. The predicted octanol–water partition coefficient (Wildman–Crippen LogP) is 4.83. The SMILES string of the molecule is Cc1ccc2c(n1)oc1c(N3CN(C)c4ccccc43)cccc12. The van der Waals surface area contributed by atoms with Crippen LogP contribution in [0, 0.1) is 6.92 Å². The molecule has 2 aromatic heterocycles. The molecule has 1 aliphatic heterocycles. The monoisotopic (exact) mass is 315 g/mol. The van der Waals surface area contributed by atoms with Gasteiger partial charge in [0.05, 0.1) is 23.7 Å². The van der Waals surface area contributed by atoms with E-state index < -0.39 is 0 Å². The zero-order chi connectivity index (χ0) is 16.3. The van der Waals surface area contributed by atoms with Gasteiger partial charge in [0.2, 0.25) is 5.71 Å². The lowest BCUT2D eigenvalue weighted by Crippen LogP contribution is -2.24. The van der Waals surface area contributed by atoms with Gasteiger partial charge in [-0.1, -0.05) is 24.3 Å². The van der Waals surface area contributed by atoms with Crippen molar-refractivity contribution < 1.29 is 4.42 Å². The average Bonchev–Trinajstić information content (AvgIpc) is 3.12. The fourth-order valence-electron chi connectivity index (χ4n) is 3.55. The summed E-state index contributed by atoms with van der Waals surface area (Å²) < 4.78 is 6.16. The summed E-state index contributed by atoms with van der Waals surface area (Å²) in [6, 6.07) is 18.9. The number of aromatic nitrogens is 1. The third-order valence-electron chi connectivity index (χ3n) is 4.71. The van der Waals surface area contributed by atoms with Gasteiger partial charge in [-0.3, -0.25) is 0 Å². The van der Waals surface area contributed by atoms with Gasteiger partial charge in [0.1, 0.15) is 0 Å². The Morgan fingerprint density at radius 1 is 0.875 bits per heavy atom. The molecule has 0 bridgehead atoms. The van der Waals surface area contributed by atoms with E-state index in [2.05, 4.69) is 70.4 Å². The first-order valence-corrected chi connectivity index (χ1v) is 8.09. The molecule has 0 unspecified atom stereocenters. The normalized spacial score (nSPS) is 13.9. The second-order valence-electron chi connectivity index (χ2n) is 6.32. The van der Waals surface area contributed by atoms with E-state index in [0.717, 1.165) is 34.4 Å². The number of benzene rings is 2. The predicted molar refractivity (Wildman–Crippen MR) is 98.1 cm³/mol. The lowest BCUT2D eigenvalue weighted by molar-refractivity contribution is 0.652. The Hall–Kier alpha value is -3.01. The van der Waals surface area contributed by atoms with E-state index in [-0.39, 0.29) is 0 Å². The van der Waals surface area contributed by atoms with Crippen molar-refractivity contribution in [1.82, 2.24) is 4.98 Å². The van der Waals surface area contributed by atoms with Crippen LogP contribution in [0.15, 0.2) is 59.0 Å². The Morgan fingerprint density at radius 2 is 1.67 bits per heavy atom. The van der Waals surface area contributed by atoms with Crippen LogP contribution in [0.3, 0.4) is 0 Å². The van der Waals surface area contributed by atoms with Gasteiger partial charge in [-0.25, -0.2) is 4.98 Å². The maximum atomic E-state index is 6.16. The van der Waals surface area contributed by atoms with E-state index in [9.17, 15) is 0 Å². The molecule has 0 saturated heterocycles. The molecule has 2 aromatic carbocycles. The van der Waals surface area contributed by atoms with E-state index in [1.165, 1.54) is 11.4 Å². The molecule has 0 radical (unpaired) electrons. The molecule has 0 aliphatic carbocycles. The number of hydrogen-bond acceptors (Lipinski definition) is 4. The summed E-state index contributed by atoms with van der Waals surface area (Å²) in [6.45, 7) is 2.79. The molecule has 0 N–H and O–H groups in total. The first-order valence-electron chi connectivity index (χ1n) is 8.09. The molecule has 118 valence electrons. The van der Waals surface area contributed by atoms with Gasteiger partial charge >= 0.3 is 0 Å². The van der Waals surface area contributed by atoms with Gasteiger partial charge in [0.15, 0.2) is 5.58 Å². The Kier molecular flexibility index (Phi) is 2.65. The Morgan fingerprint density at radius 3 is 2.54 bits per heavy atom. The second-order valence-corrected chi connectivity index (χ2v) is 6.32. The maximum absolute atomic E-state index is 6.16. The van der Waals surface area contributed by atoms with Crippen LogP contribution in [-0.2, 0) is 0 Å². The molecule has 0 fully saturated rings. The number of pyridine rings is 1. The van der Waals surface area contributed by atoms with Gasteiger partial charge in [0.25, 0.3) is 0 Å². The van der Waals surface area contributed by atoms with E-state index >= 15 is 0 Å². The zero-order valence-corrected chi connectivity index (χ0v) is 13.7. The van der Waals surface area contributed by atoms with Crippen molar-refractivity contribution in [2.75, 3.05) is 23.5 Å². The molecule has 0 amide bonds. The van der Waals surface area contributed by atoms with Crippen LogP contribution in [0.25, 0.3) is 22.1 Å².